The number of halogens is 2. The van der Waals surface area contributed by atoms with Crippen LogP contribution in [0.4, 0.5) is 8.78 Å². The van der Waals surface area contributed by atoms with Crippen LogP contribution in [0.3, 0.4) is 0 Å². The van der Waals surface area contributed by atoms with Crippen molar-refractivity contribution in [1.82, 2.24) is 4.90 Å². The topological polar surface area (TPSA) is 55.8 Å². The minimum absolute atomic E-state index is 0.179. The van der Waals surface area contributed by atoms with Gasteiger partial charge in [-0.1, -0.05) is 18.2 Å². The Labute approximate surface area is 150 Å². The van der Waals surface area contributed by atoms with Crippen LogP contribution in [-0.2, 0) is 20.9 Å². The molecule has 2 aromatic carbocycles. The highest BCUT2D eigenvalue weighted by molar-refractivity contribution is 5.83. The van der Waals surface area contributed by atoms with Gasteiger partial charge in [-0.3, -0.25) is 4.79 Å². The number of rotatable bonds is 7. The Morgan fingerprint density at radius 2 is 1.73 bits per heavy atom. The molecule has 0 heterocycles. The molecule has 0 aliphatic carbocycles. The number of carbonyl (C=O) groups excluding carboxylic acids is 2. The maximum absolute atomic E-state index is 13.2. The third-order valence-corrected chi connectivity index (χ3v) is 3.49. The summed E-state index contributed by atoms with van der Waals surface area (Å²) in [6.07, 6.45) is -1.03. The van der Waals surface area contributed by atoms with Gasteiger partial charge in [0.25, 0.3) is 5.91 Å². The Morgan fingerprint density at radius 1 is 1.08 bits per heavy atom. The summed E-state index contributed by atoms with van der Waals surface area (Å²) in [6.45, 7) is 1.16. The van der Waals surface area contributed by atoms with E-state index in [0.717, 1.165) is 6.07 Å². The van der Waals surface area contributed by atoms with E-state index < -0.39 is 36.2 Å². The third kappa shape index (κ3) is 5.84. The average Bonchev–Trinajstić information content (AvgIpc) is 2.59. The van der Waals surface area contributed by atoms with Gasteiger partial charge in [0.2, 0.25) is 0 Å². The van der Waals surface area contributed by atoms with Gasteiger partial charge in [-0.15, -0.1) is 0 Å². The first-order valence-electron chi connectivity index (χ1n) is 7.92. The number of hydrogen-bond donors (Lipinski definition) is 0. The molecule has 7 heteroatoms. The van der Waals surface area contributed by atoms with E-state index in [1.165, 1.54) is 49.2 Å². The number of ether oxygens (including phenoxy) is 2. The molecule has 5 nitrogen and oxygen atoms in total. The molecule has 2 aromatic rings. The molecule has 138 valence electrons. The Bertz CT molecular complexity index is 782. The van der Waals surface area contributed by atoms with Gasteiger partial charge in [-0.25, -0.2) is 13.6 Å². The van der Waals surface area contributed by atoms with Crippen molar-refractivity contribution in [3.05, 3.63) is 65.7 Å². The van der Waals surface area contributed by atoms with Crippen molar-refractivity contribution in [2.45, 2.75) is 19.6 Å². The SMILES string of the molecule is CC(OC(=O)COc1cccc(F)c1)C(=O)N(C)Cc1cccc(F)c1. The number of benzene rings is 2. The highest BCUT2D eigenvalue weighted by atomic mass is 19.1. The number of nitrogens with zero attached hydrogens (tertiary/aromatic N) is 1. The maximum Gasteiger partial charge on any atom is 0.344 e. The van der Waals surface area contributed by atoms with Crippen molar-refractivity contribution in [3.8, 4) is 5.75 Å². The fourth-order valence-electron chi connectivity index (χ4n) is 2.28. The minimum Gasteiger partial charge on any atom is -0.482 e. The molecule has 0 aliphatic rings. The van der Waals surface area contributed by atoms with Crippen LogP contribution in [0.2, 0.25) is 0 Å². The van der Waals surface area contributed by atoms with Crippen LogP contribution in [-0.4, -0.2) is 36.5 Å². The van der Waals surface area contributed by atoms with E-state index in [1.54, 1.807) is 12.1 Å². The number of esters is 1. The molecule has 0 saturated heterocycles. The van der Waals surface area contributed by atoms with E-state index in [2.05, 4.69) is 0 Å². The van der Waals surface area contributed by atoms with Crippen LogP contribution in [0.25, 0.3) is 0 Å². The molecule has 0 fully saturated rings. The maximum atomic E-state index is 13.2. The monoisotopic (exact) mass is 363 g/mol. The Kier molecular flexibility index (Phi) is 6.66. The van der Waals surface area contributed by atoms with Crippen molar-refractivity contribution >= 4 is 11.9 Å². The third-order valence-electron chi connectivity index (χ3n) is 3.49. The highest BCUT2D eigenvalue weighted by Crippen LogP contribution is 2.12. The lowest BCUT2D eigenvalue weighted by molar-refractivity contribution is -0.160. The van der Waals surface area contributed by atoms with Gasteiger partial charge in [0.05, 0.1) is 0 Å². The summed E-state index contributed by atoms with van der Waals surface area (Å²) in [5.41, 5.74) is 0.619. The summed E-state index contributed by atoms with van der Waals surface area (Å²) in [7, 11) is 1.53. The second-order valence-corrected chi connectivity index (χ2v) is 5.70. The average molecular weight is 363 g/mol. The lowest BCUT2D eigenvalue weighted by atomic mass is 10.2. The predicted molar refractivity (Wildman–Crippen MR) is 90.3 cm³/mol. The summed E-state index contributed by atoms with van der Waals surface area (Å²) >= 11 is 0. The second-order valence-electron chi connectivity index (χ2n) is 5.70. The summed E-state index contributed by atoms with van der Waals surface area (Å²) in [4.78, 5) is 25.4. The predicted octanol–water partition coefficient (Wildman–Crippen LogP) is 2.93. The van der Waals surface area contributed by atoms with Crippen LogP contribution < -0.4 is 4.74 Å². The molecule has 1 atom stereocenters. The Balaban J connectivity index is 1.82. The van der Waals surface area contributed by atoms with Crippen LogP contribution in [0.15, 0.2) is 48.5 Å². The summed E-state index contributed by atoms with van der Waals surface area (Å²) in [5, 5.41) is 0. The Morgan fingerprint density at radius 3 is 2.38 bits per heavy atom. The van der Waals surface area contributed by atoms with Crippen molar-refractivity contribution in [2.75, 3.05) is 13.7 Å². The molecule has 0 radical (unpaired) electrons. The zero-order valence-corrected chi connectivity index (χ0v) is 14.4. The molecule has 1 amide bonds. The summed E-state index contributed by atoms with van der Waals surface area (Å²) < 4.78 is 36.4. The van der Waals surface area contributed by atoms with Crippen LogP contribution >= 0.6 is 0 Å². The molecule has 26 heavy (non-hydrogen) atoms. The largest absolute Gasteiger partial charge is 0.482 e. The zero-order valence-electron chi connectivity index (χ0n) is 14.4. The molecule has 0 N–H and O–H groups in total. The van der Waals surface area contributed by atoms with E-state index in [1.807, 2.05) is 0 Å². The van der Waals surface area contributed by atoms with E-state index >= 15 is 0 Å². The number of amides is 1. The minimum atomic E-state index is -1.03. The molecular formula is C19H19F2NO4. The van der Waals surface area contributed by atoms with Crippen LogP contribution in [0.5, 0.6) is 5.75 Å². The standard InChI is InChI=1S/C19H19F2NO4/c1-13(19(24)22(2)11-14-5-3-6-15(20)9-14)26-18(23)12-25-17-8-4-7-16(21)10-17/h3-10,13H,11-12H2,1-2H3. The Hall–Kier alpha value is -2.96. The quantitative estimate of drug-likeness (QED) is 0.710. The van der Waals surface area contributed by atoms with Gasteiger partial charge in [0.15, 0.2) is 12.7 Å². The molecule has 0 saturated carbocycles. The fraction of sp³-hybridized carbons (Fsp3) is 0.263. The van der Waals surface area contributed by atoms with Crippen molar-refractivity contribution < 1.29 is 27.8 Å². The van der Waals surface area contributed by atoms with Crippen LogP contribution in [0, 0.1) is 11.6 Å². The smallest absolute Gasteiger partial charge is 0.344 e. The fourth-order valence-corrected chi connectivity index (χ4v) is 2.28. The van der Waals surface area contributed by atoms with Gasteiger partial charge in [0.1, 0.15) is 17.4 Å². The highest BCUT2D eigenvalue weighted by Gasteiger charge is 2.22. The summed E-state index contributed by atoms with van der Waals surface area (Å²) in [5.74, 6) is -1.89. The number of carbonyl (C=O) groups is 2. The van der Waals surface area contributed by atoms with Gasteiger partial charge in [-0.05, 0) is 36.8 Å². The van der Waals surface area contributed by atoms with E-state index in [9.17, 15) is 18.4 Å². The normalized spacial score (nSPS) is 11.5. The van der Waals surface area contributed by atoms with Gasteiger partial charge < -0.3 is 14.4 Å². The molecule has 1 unspecified atom stereocenters. The van der Waals surface area contributed by atoms with Crippen molar-refractivity contribution in [2.24, 2.45) is 0 Å². The molecule has 2 rings (SSSR count). The van der Waals surface area contributed by atoms with Gasteiger partial charge in [0, 0.05) is 19.7 Å². The molecule has 0 aromatic heterocycles. The lowest BCUT2D eigenvalue weighted by Gasteiger charge is -2.21. The first-order valence-corrected chi connectivity index (χ1v) is 7.92. The van der Waals surface area contributed by atoms with Crippen LogP contribution in [0.1, 0.15) is 12.5 Å². The second kappa shape index (κ2) is 8.94. The van der Waals surface area contributed by atoms with E-state index in [-0.39, 0.29) is 12.3 Å². The number of likely N-dealkylation sites (N-methyl/N-ethyl adjacent to an activating group) is 1. The molecular weight excluding hydrogens is 344 g/mol. The first-order chi connectivity index (χ1) is 12.3. The first kappa shape index (κ1) is 19.4. The van der Waals surface area contributed by atoms with Crippen molar-refractivity contribution in [3.63, 3.8) is 0 Å². The van der Waals surface area contributed by atoms with Gasteiger partial charge >= 0.3 is 5.97 Å². The zero-order chi connectivity index (χ0) is 19.1. The van der Waals surface area contributed by atoms with E-state index in [4.69, 9.17) is 9.47 Å². The molecule has 0 bridgehead atoms. The van der Waals surface area contributed by atoms with Crippen molar-refractivity contribution in [1.29, 1.82) is 0 Å². The lowest BCUT2D eigenvalue weighted by Crippen LogP contribution is -2.37. The number of hydrogen-bond acceptors (Lipinski definition) is 4. The summed E-state index contributed by atoms with van der Waals surface area (Å²) in [6, 6.07) is 11.2. The van der Waals surface area contributed by atoms with E-state index in [0.29, 0.717) is 5.56 Å². The van der Waals surface area contributed by atoms with Gasteiger partial charge in [-0.2, -0.15) is 0 Å². The molecule has 0 aliphatic heterocycles. The molecule has 0 spiro atoms.